The van der Waals surface area contributed by atoms with Gasteiger partial charge in [-0.1, -0.05) is 30.3 Å². The molecule has 0 saturated carbocycles. The van der Waals surface area contributed by atoms with E-state index >= 15 is 0 Å². The van der Waals surface area contributed by atoms with Gasteiger partial charge in [0.2, 0.25) is 10.0 Å². The number of rotatable bonds is 7. The molecule has 0 aromatic heterocycles. The Kier molecular flexibility index (Phi) is 5.68. The lowest BCUT2D eigenvalue weighted by molar-refractivity contribution is 0.322. The molecule has 0 spiro atoms. The zero-order chi connectivity index (χ0) is 15.8. The van der Waals surface area contributed by atoms with Crippen molar-refractivity contribution in [1.29, 1.82) is 0 Å². The summed E-state index contributed by atoms with van der Waals surface area (Å²) in [6.07, 6.45) is 1.52. The van der Waals surface area contributed by atoms with E-state index in [1.165, 1.54) is 30.3 Å². The Labute approximate surface area is 129 Å². The van der Waals surface area contributed by atoms with E-state index in [9.17, 15) is 12.8 Å². The molecule has 0 saturated heterocycles. The van der Waals surface area contributed by atoms with Gasteiger partial charge in [-0.05, 0) is 35.9 Å². The Morgan fingerprint density at radius 3 is 2.41 bits per heavy atom. The average Bonchev–Trinajstić information content (AvgIpc) is 2.52. The molecule has 116 valence electrons. The van der Waals surface area contributed by atoms with Crippen LogP contribution < -0.4 is 9.46 Å². The summed E-state index contributed by atoms with van der Waals surface area (Å²) in [4.78, 5) is 0. The minimum absolute atomic E-state index is 0.124. The fraction of sp³-hybridized carbons (Fsp3) is 0.125. The lowest BCUT2D eigenvalue weighted by Crippen LogP contribution is -2.26. The first-order valence-electron chi connectivity index (χ1n) is 6.66. The van der Waals surface area contributed by atoms with Gasteiger partial charge in [-0.15, -0.1) is 0 Å². The summed E-state index contributed by atoms with van der Waals surface area (Å²) in [6, 6.07) is 14.7. The summed E-state index contributed by atoms with van der Waals surface area (Å²) >= 11 is 0. The monoisotopic (exact) mass is 321 g/mol. The van der Waals surface area contributed by atoms with E-state index in [2.05, 4.69) is 4.72 Å². The number of ether oxygens (including phenoxy) is 1. The van der Waals surface area contributed by atoms with Gasteiger partial charge in [-0.3, -0.25) is 0 Å². The maximum absolute atomic E-state index is 12.7. The van der Waals surface area contributed by atoms with Crippen LogP contribution in [0.15, 0.2) is 60.0 Å². The molecule has 4 nitrogen and oxygen atoms in total. The molecule has 0 fully saturated rings. The first-order chi connectivity index (χ1) is 10.6. The Balaban J connectivity index is 1.78. The zero-order valence-corrected chi connectivity index (χ0v) is 12.6. The molecule has 1 N–H and O–H groups in total. The van der Waals surface area contributed by atoms with Gasteiger partial charge in [0.25, 0.3) is 0 Å². The van der Waals surface area contributed by atoms with E-state index < -0.39 is 10.0 Å². The number of benzene rings is 2. The highest BCUT2D eigenvalue weighted by Gasteiger charge is 2.04. The molecule has 0 bridgehead atoms. The second kappa shape index (κ2) is 7.72. The maximum atomic E-state index is 12.7. The molecule has 0 heterocycles. The Morgan fingerprint density at radius 2 is 1.73 bits per heavy atom. The smallest absolute Gasteiger partial charge is 0.233 e. The second-order valence-corrected chi connectivity index (χ2v) is 6.11. The number of nitrogens with one attached hydrogen (secondary N) is 1. The molecule has 2 aromatic carbocycles. The van der Waals surface area contributed by atoms with Gasteiger partial charge < -0.3 is 4.74 Å². The Hall–Kier alpha value is -2.18. The number of hydrogen-bond donors (Lipinski definition) is 1. The molecule has 22 heavy (non-hydrogen) atoms. The summed E-state index contributed by atoms with van der Waals surface area (Å²) in [5.41, 5.74) is 0.801. The predicted octanol–water partition coefficient (Wildman–Crippen LogP) is 2.79. The van der Waals surface area contributed by atoms with E-state index in [-0.39, 0.29) is 19.0 Å². The van der Waals surface area contributed by atoms with E-state index in [4.69, 9.17) is 4.74 Å². The van der Waals surface area contributed by atoms with Gasteiger partial charge in [-0.25, -0.2) is 17.5 Å². The molecule has 0 amide bonds. The maximum Gasteiger partial charge on any atom is 0.233 e. The highest BCUT2D eigenvalue weighted by molar-refractivity contribution is 7.92. The minimum atomic E-state index is -3.51. The van der Waals surface area contributed by atoms with E-state index in [0.717, 1.165) is 11.0 Å². The van der Waals surface area contributed by atoms with Crippen molar-refractivity contribution in [2.45, 2.75) is 0 Å². The third-order valence-corrected chi connectivity index (χ3v) is 3.83. The first-order valence-corrected chi connectivity index (χ1v) is 8.21. The van der Waals surface area contributed by atoms with Crippen LogP contribution in [-0.2, 0) is 10.0 Å². The van der Waals surface area contributed by atoms with Crippen LogP contribution in [0.5, 0.6) is 5.75 Å². The standard InChI is InChI=1S/C16H16FNO3S/c17-15-6-8-16(9-7-15)21-12-11-18-22(19,20)13-10-14-4-2-1-3-5-14/h1-10,13,18H,11-12H2. The molecule has 0 aliphatic rings. The SMILES string of the molecule is O=S(=O)(C=Cc1ccccc1)NCCOc1ccc(F)cc1. The number of sulfonamides is 1. The molecule has 6 heteroatoms. The third kappa shape index (κ3) is 5.67. The summed E-state index contributed by atoms with van der Waals surface area (Å²) in [7, 11) is -3.51. The van der Waals surface area contributed by atoms with Gasteiger partial charge in [0, 0.05) is 12.0 Å². The van der Waals surface area contributed by atoms with Crippen LogP contribution in [0.25, 0.3) is 6.08 Å². The first kappa shape index (κ1) is 16.2. The molecule has 0 atom stereocenters. The topological polar surface area (TPSA) is 55.4 Å². The average molecular weight is 321 g/mol. The minimum Gasteiger partial charge on any atom is -0.492 e. The van der Waals surface area contributed by atoms with Crippen molar-refractivity contribution in [1.82, 2.24) is 4.72 Å². The van der Waals surface area contributed by atoms with Crippen LogP contribution in [0, 0.1) is 5.82 Å². The van der Waals surface area contributed by atoms with Gasteiger partial charge in [0.15, 0.2) is 0 Å². The molecular formula is C16H16FNO3S. The van der Waals surface area contributed by atoms with Crippen molar-refractivity contribution in [3.63, 3.8) is 0 Å². The lowest BCUT2D eigenvalue weighted by Gasteiger charge is -2.06. The third-order valence-electron chi connectivity index (χ3n) is 2.73. The van der Waals surface area contributed by atoms with Crippen LogP contribution in [-0.4, -0.2) is 21.6 Å². The fourth-order valence-corrected chi connectivity index (χ4v) is 2.46. The Morgan fingerprint density at radius 1 is 1.05 bits per heavy atom. The van der Waals surface area contributed by atoms with Crippen LogP contribution in [0.1, 0.15) is 5.56 Å². The van der Waals surface area contributed by atoms with Gasteiger partial charge in [0.05, 0.1) is 0 Å². The Bertz CT molecular complexity index is 713. The van der Waals surface area contributed by atoms with Crippen molar-refractivity contribution in [3.05, 3.63) is 71.4 Å². The summed E-state index contributed by atoms with van der Waals surface area (Å²) in [6.45, 7) is 0.281. The predicted molar refractivity (Wildman–Crippen MR) is 84.3 cm³/mol. The van der Waals surface area contributed by atoms with Crippen LogP contribution >= 0.6 is 0 Å². The second-order valence-electron chi connectivity index (χ2n) is 4.46. The molecule has 0 aliphatic heterocycles. The van der Waals surface area contributed by atoms with Crippen molar-refractivity contribution in [2.75, 3.05) is 13.2 Å². The number of halogens is 1. The normalized spacial score (nSPS) is 11.7. The van der Waals surface area contributed by atoms with Crippen molar-refractivity contribution < 1.29 is 17.5 Å². The van der Waals surface area contributed by atoms with Gasteiger partial charge >= 0.3 is 0 Å². The molecule has 0 aliphatic carbocycles. The number of hydrogen-bond acceptors (Lipinski definition) is 3. The largest absolute Gasteiger partial charge is 0.492 e. The highest BCUT2D eigenvalue weighted by atomic mass is 32.2. The van der Waals surface area contributed by atoms with Crippen molar-refractivity contribution >= 4 is 16.1 Å². The molecule has 2 aromatic rings. The van der Waals surface area contributed by atoms with Crippen LogP contribution in [0.2, 0.25) is 0 Å². The zero-order valence-electron chi connectivity index (χ0n) is 11.8. The van der Waals surface area contributed by atoms with Gasteiger partial charge in [-0.2, -0.15) is 0 Å². The highest BCUT2D eigenvalue weighted by Crippen LogP contribution is 2.10. The summed E-state index contributed by atoms with van der Waals surface area (Å²) < 4.78 is 43.9. The molecule has 0 radical (unpaired) electrons. The van der Waals surface area contributed by atoms with Gasteiger partial charge in [0.1, 0.15) is 18.2 Å². The summed E-state index contributed by atoms with van der Waals surface area (Å²) in [5.74, 6) is 0.138. The summed E-state index contributed by atoms with van der Waals surface area (Å²) in [5, 5.41) is 1.11. The fourth-order valence-electron chi connectivity index (χ4n) is 1.66. The quantitative estimate of drug-likeness (QED) is 0.798. The van der Waals surface area contributed by atoms with Crippen molar-refractivity contribution in [3.8, 4) is 5.75 Å². The van der Waals surface area contributed by atoms with E-state index in [1.807, 2.05) is 30.3 Å². The van der Waals surface area contributed by atoms with Crippen LogP contribution in [0.3, 0.4) is 0 Å². The van der Waals surface area contributed by atoms with Crippen molar-refractivity contribution in [2.24, 2.45) is 0 Å². The lowest BCUT2D eigenvalue weighted by atomic mass is 10.2. The molecular weight excluding hydrogens is 305 g/mol. The van der Waals surface area contributed by atoms with E-state index in [1.54, 1.807) is 0 Å². The van der Waals surface area contributed by atoms with E-state index in [0.29, 0.717) is 5.75 Å². The molecule has 2 rings (SSSR count). The van der Waals surface area contributed by atoms with Crippen LogP contribution in [0.4, 0.5) is 4.39 Å². The molecule has 0 unspecified atom stereocenters.